The van der Waals surface area contributed by atoms with Gasteiger partial charge in [-0.1, -0.05) is 12.1 Å². The van der Waals surface area contributed by atoms with Gasteiger partial charge in [-0.3, -0.25) is 4.79 Å². The molecule has 0 radical (unpaired) electrons. The fourth-order valence-electron chi connectivity index (χ4n) is 2.44. The summed E-state index contributed by atoms with van der Waals surface area (Å²) < 4.78 is 0.291. The minimum atomic E-state index is 0.207. The van der Waals surface area contributed by atoms with Crippen LogP contribution >= 0.6 is 11.8 Å². The fourth-order valence-corrected chi connectivity index (χ4v) is 3.55. The van der Waals surface area contributed by atoms with E-state index in [-0.39, 0.29) is 5.91 Å². The molecule has 0 N–H and O–H groups in total. The smallest absolute Gasteiger partial charge is 0.231 e. The number of fused-ring (bicyclic) bond motifs is 1. The lowest BCUT2D eigenvalue weighted by Gasteiger charge is -2.38. The highest BCUT2D eigenvalue weighted by Crippen LogP contribution is 2.49. The molecule has 2 nitrogen and oxygen atoms in total. The van der Waals surface area contributed by atoms with Crippen molar-refractivity contribution in [3.63, 3.8) is 0 Å². The standard InChI is InChI=1S/C13H15NOS/c1-13(5-6-16-13)10-3-4-11-9(7-10)8-12(15)14(11)2/h3-4,7H,5-6,8H2,1-2H3. The average Bonchev–Trinajstić information content (AvgIpc) is 2.51. The molecule has 2 heterocycles. The molecule has 0 aromatic heterocycles. The van der Waals surface area contributed by atoms with E-state index in [4.69, 9.17) is 0 Å². The van der Waals surface area contributed by atoms with Gasteiger partial charge >= 0.3 is 0 Å². The average molecular weight is 233 g/mol. The van der Waals surface area contributed by atoms with Crippen LogP contribution in [0.25, 0.3) is 0 Å². The van der Waals surface area contributed by atoms with Crippen molar-refractivity contribution in [1.82, 2.24) is 0 Å². The second-order valence-electron chi connectivity index (χ2n) is 4.80. The topological polar surface area (TPSA) is 20.3 Å². The van der Waals surface area contributed by atoms with E-state index in [1.807, 2.05) is 18.8 Å². The van der Waals surface area contributed by atoms with Crippen LogP contribution in [0.1, 0.15) is 24.5 Å². The predicted molar refractivity (Wildman–Crippen MR) is 68.0 cm³/mol. The highest BCUT2D eigenvalue weighted by molar-refractivity contribution is 8.01. The van der Waals surface area contributed by atoms with Crippen molar-refractivity contribution in [3.05, 3.63) is 29.3 Å². The number of benzene rings is 1. The maximum atomic E-state index is 11.6. The first kappa shape index (κ1) is 10.2. The molecule has 1 unspecified atom stereocenters. The molecule has 1 saturated heterocycles. The Hall–Kier alpha value is -0.960. The maximum absolute atomic E-state index is 11.6. The quantitative estimate of drug-likeness (QED) is 0.743. The predicted octanol–water partition coefficient (Wildman–Crippen LogP) is 2.56. The molecule has 0 spiro atoms. The second-order valence-corrected chi connectivity index (χ2v) is 6.40. The van der Waals surface area contributed by atoms with Gasteiger partial charge in [-0.25, -0.2) is 0 Å². The molecular weight excluding hydrogens is 218 g/mol. The Kier molecular flexibility index (Phi) is 2.08. The van der Waals surface area contributed by atoms with Crippen molar-refractivity contribution in [2.45, 2.75) is 24.5 Å². The Labute approximate surface area is 100 Å². The van der Waals surface area contributed by atoms with Crippen molar-refractivity contribution in [2.75, 3.05) is 17.7 Å². The number of thioether (sulfide) groups is 1. The van der Waals surface area contributed by atoms with E-state index >= 15 is 0 Å². The van der Waals surface area contributed by atoms with E-state index in [0.29, 0.717) is 11.2 Å². The minimum absolute atomic E-state index is 0.207. The van der Waals surface area contributed by atoms with E-state index in [9.17, 15) is 4.79 Å². The first-order valence-electron chi connectivity index (χ1n) is 5.64. The summed E-state index contributed by atoms with van der Waals surface area (Å²) in [4.78, 5) is 13.4. The third-order valence-electron chi connectivity index (χ3n) is 3.77. The second kappa shape index (κ2) is 3.27. The van der Waals surface area contributed by atoms with Gasteiger partial charge in [0.2, 0.25) is 5.91 Å². The normalized spacial score (nSPS) is 27.9. The zero-order chi connectivity index (χ0) is 11.3. The Balaban J connectivity index is 2.01. The molecule has 1 aromatic rings. The molecule has 84 valence electrons. The Morgan fingerprint density at radius 3 is 2.81 bits per heavy atom. The summed E-state index contributed by atoms with van der Waals surface area (Å²) in [7, 11) is 1.85. The van der Waals surface area contributed by atoms with Crippen LogP contribution in [0.15, 0.2) is 18.2 Å². The van der Waals surface area contributed by atoms with Gasteiger partial charge in [0.1, 0.15) is 0 Å². The number of hydrogen-bond acceptors (Lipinski definition) is 2. The van der Waals surface area contributed by atoms with Crippen LogP contribution in [0, 0.1) is 0 Å². The van der Waals surface area contributed by atoms with Crippen molar-refractivity contribution in [2.24, 2.45) is 0 Å². The third-order valence-corrected chi connectivity index (χ3v) is 5.25. The lowest BCUT2D eigenvalue weighted by atomic mass is 9.94. The molecule has 16 heavy (non-hydrogen) atoms. The molecule has 1 atom stereocenters. The van der Waals surface area contributed by atoms with Crippen LogP contribution in [0.5, 0.6) is 0 Å². The van der Waals surface area contributed by atoms with Crippen LogP contribution in [0.2, 0.25) is 0 Å². The fraction of sp³-hybridized carbons (Fsp3) is 0.462. The Morgan fingerprint density at radius 2 is 2.19 bits per heavy atom. The molecule has 1 aromatic carbocycles. The zero-order valence-electron chi connectivity index (χ0n) is 9.62. The van der Waals surface area contributed by atoms with Gasteiger partial charge in [0.25, 0.3) is 0 Å². The summed E-state index contributed by atoms with van der Waals surface area (Å²) in [5.41, 5.74) is 3.66. The summed E-state index contributed by atoms with van der Waals surface area (Å²) in [6.45, 7) is 2.30. The number of anilines is 1. The largest absolute Gasteiger partial charge is 0.315 e. The molecule has 0 saturated carbocycles. The van der Waals surface area contributed by atoms with Crippen LogP contribution in [0.3, 0.4) is 0 Å². The summed E-state index contributed by atoms with van der Waals surface area (Å²) in [5, 5.41) is 0. The molecule has 2 aliphatic rings. The van der Waals surface area contributed by atoms with Gasteiger partial charge in [0, 0.05) is 17.5 Å². The van der Waals surface area contributed by atoms with Gasteiger partial charge in [-0.2, -0.15) is 11.8 Å². The van der Waals surface area contributed by atoms with Gasteiger partial charge in [-0.15, -0.1) is 0 Å². The highest BCUT2D eigenvalue weighted by Gasteiger charge is 2.36. The van der Waals surface area contributed by atoms with E-state index in [1.54, 1.807) is 4.90 Å². The molecule has 1 fully saturated rings. The zero-order valence-corrected chi connectivity index (χ0v) is 10.4. The van der Waals surface area contributed by atoms with E-state index in [2.05, 4.69) is 25.1 Å². The van der Waals surface area contributed by atoms with Crippen molar-refractivity contribution in [1.29, 1.82) is 0 Å². The van der Waals surface area contributed by atoms with Crippen LogP contribution in [0.4, 0.5) is 5.69 Å². The summed E-state index contributed by atoms with van der Waals surface area (Å²) in [6, 6.07) is 6.50. The Bertz CT molecular complexity index is 465. The summed E-state index contributed by atoms with van der Waals surface area (Å²) in [5.74, 6) is 1.46. The van der Waals surface area contributed by atoms with E-state index < -0.39 is 0 Å². The number of carbonyl (C=O) groups is 1. The molecule has 0 bridgehead atoms. The number of nitrogens with zero attached hydrogens (tertiary/aromatic N) is 1. The first-order chi connectivity index (χ1) is 7.60. The minimum Gasteiger partial charge on any atom is -0.315 e. The summed E-state index contributed by atoms with van der Waals surface area (Å²) >= 11 is 2.01. The van der Waals surface area contributed by atoms with E-state index in [0.717, 1.165) is 5.69 Å². The third kappa shape index (κ3) is 1.31. The number of carbonyl (C=O) groups excluding carboxylic acids is 1. The van der Waals surface area contributed by atoms with Crippen molar-refractivity contribution in [3.8, 4) is 0 Å². The monoisotopic (exact) mass is 233 g/mol. The number of likely N-dealkylation sites (N-methyl/N-ethyl adjacent to an activating group) is 1. The van der Waals surface area contributed by atoms with Crippen molar-refractivity contribution < 1.29 is 4.79 Å². The van der Waals surface area contributed by atoms with Gasteiger partial charge in [-0.05, 0) is 36.3 Å². The Morgan fingerprint density at radius 1 is 1.44 bits per heavy atom. The molecule has 3 heteroatoms. The maximum Gasteiger partial charge on any atom is 0.231 e. The lowest BCUT2D eigenvalue weighted by molar-refractivity contribution is -0.117. The number of hydrogen-bond donors (Lipinski definition) is 0. The molecule has 2 aliphatic heterocycles. The van der Waals surface area contributed by atoms with Gasteiger partial charge in [0.15, 0.2) is 0 Å². The first-order valence-corrected chi connectivity index (χ1v) is 6.63. The van der Waals surface area contributed by atoms with E-state index in [1.165, 1.54) is 23.3 Å². The molecule has 1 amide bonds. The molecular formula is C13H15NOS. The van der Waals surface area contributed by atoms with Gasteiger partial charge in [0.05, 0.1) is 6.42 Å². The molecule has 0 aliphatic carbocycles. The van der Waals surface area contributed by atoms with Crippen molar-refractivity contribution >= 4 is 23.4 Å². The van der Waals surface area contributed by atoms with Crippen LogP contribution in [-0.2, 0) is 16.0 Å². The summed E-state index contributed by atoms with van der Waals surface area (Å²) in [6.07, 6.45) is 1.82. The van der Waals surface area contributed by atoms with Crippen LogP contribution in [-0.4, -0.2) is 18.7 Å². The van der Waals surface area contributed by atoms with Gasteiger partial charge < -0.3 is 4.90 Å². The molecule has 3 rings (SSSR count). The number of rotatable bonds is 1. The lowest BCUT2D eigenvalue weighted by Crippen LogP contribution is -2.27. The van der Waals surface area contributed by atoms with Crippen LogP contribution < -0.4 is 4.90 Å². The number of amides is 1. The SMILES string of the molecule is CN1C(=O)Cc2cc(C3(C)CCS3)ccc21. The highest BCUT2D eigenvalue weighted by atomic mass is 32.2.